The van der Waals surface area contributed by atoms with Gasteiger partial charge in [0.1, 0.15) is 5.78 Å². The first-order valence-electron chi connectivity index (χ1n) is 4.87. The van der Waals surface area contributed by atoms with Crippen LogP contribution in [0.5, 0.6) is 0 Å². The van der Waals surface area contributed by atoms with E-state index < -0.39 is 0 Å². The molecule has 1 aromatic heterocycles. The summed E-state index contributed by atoms with van der Waals surface area (Å²) in [4.78, 5) is 11.3. The maximum Gasteiger partial charge on any atom is 0.133 e. The zero-order chi connectivity index (χ0) is 10.1. The molecular weight excluding hydrogens is 200 g/mol. The van der Waals surface area contributed by atoms with Crippen LogP contribution in [0.15, 0.2) is 6.20 Å². The van der Waals surface area contributed by atoms with E-state index in [9.17, 15) is 4.79 Å². The largest absolute Gasteiger partial charge is 0.300 e. The van der Waals surface area contributed by atoms with Crippen molar-refractivity contribution in [3.63, 3.8) is 0 Å². The van der Waals surface area contributed by atoms with Crippen LogP contribution in [0.2, 0.25) is 5.02 Å². The number of carbonyl (C=O) groups is 1. The minimum atomic E-state index is 0.274. The summed E-state index contributed by atoms with van der Waals surface area (Å²) in [7, 11) is 1.88. The highest BCUT2D eigenvalue weighted by molar-refractivity contribution is 6.31. The Kier molecular flexibility index (Phi) is 2.59. The second kappa shape index (κ2) is 3.73. The summed E-state index contributed by atoms with van der Waals surface area (Å²) in [5.74, 6) is 0.620. The van der Waals surface area contributed by atoms with Crippen molar-refractivity contribution in [2.24, 2.45) is 7.05 Å². The lowest BCUT2D eigenvalue weighted by Gasteiger charge is -2.21. The standard InChI is InChI=1S/C10H13ClN2O/c1-13-10(9(11)6-12-13)7-3-2-4-8(14)5-7/h6-7H,2-5H2,1H3. The zero-order valence-corrected chi connectivity index (χ0v) is 8.92. The molecule has 1 fully saturated rings. The predicted octanol–water partition coefficient (Wildman–Crippen LogP) is 2.30. The van der Waals surface area contributed by atoms with Gasteiger partial charge in [-0.05, 0) is 12.8 Å². The lowest BCUT2D eigenvalue weighted by Crippen LogP contribution is -2.16. The Morgan fingerprint density at radius 2 is 2.43 bits per heavy atom. The van der Waals surface area contributed by atoms with E-state index >= 15 is 0 Å². The highest BCUT2D eigenvalue weighted by Gasteiger charge is 2.25. The number of ketones is 1. The summed E-state index contributed by atoms with van der Waals surface area (Å²) >= 11 is 6.03. The average molecular weight is 213 g/mol. The number of aryl methyl sites for hydroxylation is 1. The molecule has 1 saturated carbocycles. The number of Topliss-reactive ketones (excluding diaryl/α,β-unsaturated/α-hetero) is 1. The minimum Gasteiger partial charge on any atom is -0.300 e. The molecule has 0 aromatic carbocycles. The van der Waals surface area contributed by atoms with Crippen LogP contribution in [0.1, 0.15) is 37.3 Å². The van der Waals surface area contributed by atoms with Gasteiger partial charge in [0.15, 0.2) is 0 Å². The van der Waals surface area contributed by atoms with Gasteiger partial charge >= 0.3 is 0 Å². The molecule has 1 atom stereocenters. The summed E-state index contributed by atoms with van der Waals surface area (Å²) in [6.07, 6.45) is 5.02. The van der Waals surface area contributed by atoms with E-state index in [0.29, 0.717) is 17.2 Å². The number of halogens is 1. The van der Waals surface area contributed by atoms with Gasteiger partial charge < -0.3 is 0 Å². The molecule has 0 aliphatic heterocycles. The van der Waals surface area contributed by atoms with Crippen LogP contribution < -0.4 is 0 Å². The Hall–Kier alpha value is -0.830. The van der Waals surface area contributed by atoms with Crippen LogP contribution in [0.3, 0.4) is 0 Å². The van der Waals surface area contributed by atoms with Crippen molar-refractivity contribution in [1.29, 1.82) is 0 Å². The molecule has 1 aliphatic rings. The van der Waals surface area contributed by atoms with E-state index in [1.807, 2.05) is 7.05 Å². The topological polar surface area (TPSA) is 34.9 Å². The lowest BCUT2D eigenvalue weighted by atomic mass is 9.86. The van der Waals surface area contributed by atoms with E-state index in [4.69, 9.17) is 11.6 Å². The monoisotopic (exact) mass is 212 g/mol. The average Bonchev–Trinajstić information content (AvgIpc) is 2.46. The third-order valence-electron chi connectivity index (χ3n) is 2.81. The Labute approximate surface area is 88.1 Å². The van der Waals surface area contributed by atoms with Gasteiger partial charge in [0.25, 0.3) is 0 Å². The molecule has 1 aromatic rings. The van der Waals surface area contributed by atoms with Gasteiger partial charge in [0.2, 0.25) is 0 Å². The number of rotatable bonds is 1. The molecule has 76 valence electrons. The summed E-state index contributed by atoms with van der Waals surface area (Å²) in [6, 6.07) is 0. The van der Waals surface area contributed by atoms with Gasteiger partial charge in [-0.2, -0.15) is 5.10 Å². The molecular formula is C10H13ClN2O. The molecule has 1 heterocycles. The molecule has 0 saturated heterocycles. The highest BCUT2D eigenvalue weighted by atomic mass is 35.5. The zero-order valence-electron chi connectivity index (χ0n) is 8.16. The fourth-order valence-corrected chi connectivity index (χ4v) is 2.46. The maximum atomic E-state index is 11.3. The third kappa shape index (κ3) is 1.69. The molecule has 1 unspecified atom stereocenters. The van der Waals surface area contributed by atoms with Crippen molar-refractivity contribution in [1.82, 2.24) is 9.78 Å². The van der Waals surface area contributed by atoms with Crippen LogP contribution in [-0.4, -0.2) is 15.6 Å². The smallest absolute Gasteiger partial charge is 0.133 e. The Morgan fingerprint density at radius 3 is 3.00 bits per heavy atom. The first kappa shape index (κ1) is 9.71. The van der Waals surface area contributed by atoms with E-state index in [2.05, 4.69) is 5.10 Å². The fraction of sp³-hybridized carbons (Fsp3) is 0.600. The van der Waals surface area contributed by atoms with Gasteiger partial charge in [-0.1, -0.05) is 11.6 Å². The molecule has 0 radical (unpaired) electrons. The maximum absolute atomic E-state index is 11.3. The number of carbonyl (C=O) groups excluding carboxylic acids is 1. The molecule has 0 spiro atoms. The van der Waals surface area contributed by atoms with E-state index in [1.165, 1.54) is 0 Å². The first-order chi connectivity index (χ1) is 6.68. The molecule has 2 rings (SSSR count). The lowest BCUT2D eigenvalue weighted by molar-refractivity contribution is -0.120. The Morgan fingerprint density at radius 1 is 1.64 bits per heavy atom. The van der Waals surface area contributed by atoms with E-state index in [0.717, 1.165) is 25.0 Å². The van der Waals surface area contributed by atoms with Crippen molar-refractivity contribution in [2.45, 2.75) is 31.6 Å². The second-order valence-electron chi connectivity index (χ2n) is 3.83. The van der Waals surface area contributed by atoms with Gasteiger partial charge in [0, 0.05) is 25.8 Å². The number of nitrogens with zero attached hydrogens (tertiary/aromatic N) is 2. The van der Waals surface area contributed by atoms with Crippen molar-refractivity contribution in [3.05, 3.63) is 16.9 Å². The van der Waals surface area contributed by atoms with E-state index in [1.54, 1.807) is 10.9 Å². The van der Waals surface area contributed by atoms with Crippen LogP contribution in [0, 0.1) is 0 Å². The van der Waals surface area contributed by atoms with Gasteiger partial charge in [-0.3, -0.25) is 9.48 Å². The van der Waals surface area contributed by atoms with Crippen LogP contribution in [0.4, 0.5) is 0 Å². The van der Waals surface area contributed by atoms with Gasteiger partial charge in [-0.25, -0.2) is 0 Å². The first-order valence-corrected chi connectivity index (χ1v) is 5.25. The molecule has 14 heavy (non-hydrogen) atoms. The van der Waals surface area contributed by atoms with Crippen LogP contribution >= 0.6 is 11.6 Å². The van der Waals surface area contributed by atoms with Gasteiger partial charge in [0.05, 0.1) is 16.9 Å². The number of hydrogen-bond acceptors (Lipinski definition) is 2. The molecule has 4 heteroatoms. The summed E-state index contributed by atoms with van der Waals surface area (Å²) in [5, 5.41) is 4.78. The number of aromatic nitrogens is 2. The molecule has 0 amide bonds. The Balaban J connectivity index is 2.25. The van der Waals surface area contributed by atoms with Crippen molar-refractivity contribution in [2.75, 3.05) is 0 Å². The molecule has 1 aliphatic carbocycles. The molecule has 0 bridgehead atoms. The van der Waals surface area contributed by atoms with Crippen LogP contribution in [-0.2, 0) is 11.8 Å². The quantitative estimate of drug-likeness (QED) is 0.716. The van der Waals surface area contributed by atoms with Crippen molar-refractivity contribution >= 4 is 17.4 Å². The van der Waals surface area contributed by atoms with Crippen LogP contribution in [0.25, 0.3) is 0 Å². The normalized spacial score (nSPS) is 22.7. The Bertz CT molecular complexity index is 340. The van der Waals surface area contributed by atoms with Crippen molar-refractivity contribution in [3.8, 4) is 0 Å². The van der Waals surface area contributed by atoms with E-state index in [-0.39, 0.29) is 5.92 Å². The predicted molar refractivity (Wildman–Crippen MR) is 54.4 cm³/mol. The third-order valence-corrected chi connectivity index (χ3v) is 3.10. The highest BCUT2D eigenvalue weighted by Crippen LogP contribution is 2.34. The van der Waals surface area contributed by atoms with Gasteiger partial charge in [-0.15, -0.1) is 0 Å². The summed E-state index contributed by atoms with van der Waals surface area (Å²) in [5.41, 5.74) is 1.01. The summed E-state index contributed by atoms with van der Waals surface area (Å²) in [6.45, 7) is 0. The molecule has 0 N–H and O–H groups in total. The second-order valence-corrected chi connectivity index (χ2v) is 4.24. The molecule has 3 nitrogen and oxygen atoms in total. The SMILES string of the molecule is Cn1ncc(Cl)c1C1CCCC(=O)C1. The fourth-order valence-electron chi connectivity index (χ4n) is 2.14. The summed E-state index contributed by atoms with van der Waals surface area (Å²) < 4.78 is 1.78. The minimum absolute atomic E-state index is 0.274. The van der Waals surface area contributed by atoms with Crippen molar-refractivity contribution < 1.29 is 4.79 Å². The number of hydrogen-bond donors (Lipinski definition) is 0.